The maximum absolute atomic E-state index is 11.6. The molecule has 0 bridgehead atoms. The molecule has 0 aliphatic rings. The van der Waals surface area contributed by atoms with E-state index in [9.17, 15) is 4.79 Å². The van der Waals surface area contributed by atoms with Gasteiger partial charge in [0.25, 0.3) is 5.91 Å². The first-order chi connectivity index (χ1) is 9.49. The van der Waals surface area contributed by atoms with Crippen molar-refractivity contribution < 1.29 is 4.79 Å². The summed E-state index contributed by atoms with van der Waals surface area (Å²) in [5.74, 6) is -0.464. The van der Waals surface area contributed by atoms with Crippen molar-refractivity contribution in [3.63, 3.8) is 0 Å². The van der Waals surface area contributed by atoms with Crippen LogP contribution in [0.1, 0.15) is 41.2 Å². The van der Waals surface area contributed by atoms with Crippen LogP contribution in [0.25, 0.3) is 5.69 Å². The third-order valence-corrected chi connectivity index (χ3v) is 3.41. The number of aryl methyl sites for hydroxylation is 2. The first-order valence-electron chi connectivity index (χ1n) is 6.76. The lowest BCUT2D eigenvalue weighted by Gasteiger charge is -2.11. The van der Waals surface area contributed by atoms with E-state index in [0.717, 1.165) is 29.8 Å². The summed E-state index contributed by atoms with van der Waals surface area (Å²) in [5.41, 5.74) is 16.2. The molecule has 0 radical (unpaired) electrons. The summed E-state index contributed by atoms with van der Waals surface area (Å²) < 4.78 is 1.75. The fourth-order valence-electron chi connectivity index (χ4n) is 2.34. The highest BCUT2D eigenvalue weighted by atomic mass is 16.1. The molecule has 2 rings (SSSR count). The summed E-state index contributed by atoms with van der Waals surface area (Å²) in [6.45, 7) is 5.99. The number of carbonyl (C=O) groups is 1. The molecule has 1 amide bonds. The monoisotopic (exact) mass is 272 g/mol. The number of hydrogen-bond donors (Lipinski definition) is 2. The molecule has 0 saturated heterocycles. The van der Waals surface area contributed by atoms with Crippen LogP contribution < -0.4 is 11.5 Å². The fraction of sp³-hybridized carbons (Fsp3) is 0.333. The predicted molar refractivity (Wildman–Crippen MR) is 80.0 cm³/mol. The Bertz CT molecular complexity index is 658. The number of hydrogen-bond acceptors (Lipinski definition) is 3. The lowest BCUT2D eigenvalue weighted by molar-refractivity contribution is 0.1000. The minimum atomic E-state index is -0.464. The van der Waals surface area contributed by atoms with Crippen LogP contribution in [-0.4, -0.2) is 15.7 Å². The Morgan fingerprint density at radius 1 is 1.30 bits per heavy atom. The zero-order valence-electron chi connectivity index (χ0n) is 12.1. The highest BCUT2D eigenvalue weighted by Gasteiger charge is 2.18. The van der Waals surface area contributed by atoms with Crippen molar-refractivity contribution in [2.24, 2.45) is 5.73 Å². The molecular formula is C15H20N4O. The first-order valence-corrected chi connectivity index (χ1v) is 6.76. The van der Waals surface area contributed by atoms with Crippen molar-refractivity contribution in [2.45, 2.75) is 33.6 Å². The Kier molecular flexibility index (Phi) is 3.79. The second-order valence-corrected chi connectivity index (χ2v) is 4.81. The number of benzene rings is 1. The van der Waals surface area contributed by atoms with E-state index in [0.29, 0.717) is 16.9 Å². The molecule has 0 unspecified atom stereocenters. The van der Waals surface area contributed by atoms with Crippen molar-refractivity contribution in [3.05, 3.63) is 40.7 Å². The van der Waals surface area contributed by atoms with Crippen LogP contribution in [0.15, 0.2) is 18.2 Å². The molecule has 20 heavy (non-hydrogen) atoms. The third-order valence-electron chi connectivity index (χ3n) is 3.41. The topological polar surface area (TPSA) is 86.9 Å². The quantitative estimate of drug-likeness (QED) is 0.892. The molecule has 0 saturated carbocycles. The van der Waals surface area contributed by atoms with Crippen LogP contribution >= 0.6 is 0 Å². The lowest BCUT2D eigenvalue weighted by Crippen LogP contribution is -2.16. The summed E-state index contributed by atoms with van der Waals surface area (Å²) in [4.78, 5) is 11.6. The Morgan fingerprint density at radius 2 is 2.00 bits per heavy atom. The van der Waals surface area contributed by atoms with Gasteiger partial charge < -0.3 is 11.5 Å². The summed E-state index contributed by atoms with van der Waals surface area (Å²) in [7, 11) is 0. The molecule has 1 heterocycles. The lowest BCUT2D eigenvalue weighted by atomic mass is 10.1. The maximum Gasteiger partial charge on any atom is 0.250 e. The van der Waals surface area contributed by atoms with Gasteiger partial charge in [-0.15, -0.1) is 0 Å². The zero-order valence-corrected chi connectivity index (χ0v) is 12.1. The molecule has 2 aromatic rings. The van der Waals surface area contributed by atoms with Crippen LogP contribution in [0.5, 0.6) is 0 Å². The van der Waals surface area contributed by atoms with Crippen LogP contribution in [0, 0.1) is 6.92 Å². The van der Waals surface area contributed by atoms with Crippen LogP contribution in [0.3, 0.4) is 0 Å². The number of nitrogens with zero attached hydrogens (tertiary/aromatic N) is 2. The molecule has 0 spiro atoms. The first kappa shape index (κ1) is 14.1. The van der Waals surface area contributed by atoms with Gasteiger partial charge in [0.05, 0.1) is 28.3 Å². The standard InChI is InChI=1S/C15H20N4O/c1-4-11-14(16)12(5-2)19(18-11)13-8-9(3)6-7-10(13)15(17)20/h6-8H,4-5,16H2,1-3H3,(H2,17,20). The molecule has 106 valence electrons. The van der Waals surface area contributed by atoms with E-state index in [1.807, 2.05) is 32.9 Å². The summed E-state index contributed by atoms with van der Waals surface area (Å²) >= 11 is 0. The van der Waals surface area contributed by atoms with E-state index < -0.39 is 5.91 Å². The van der Waals surface area contributed by atoms with Gasteiger partial charge in [-0.1, -0.05) is 19.9 Å². The van der Waals surface area contributed by atoms with Gasteiger partial charge in [-0.2, -0.15) is 5.10 Å². The van der Waals surface area contributed by atoms with E-state index in [2.05, 4.69) is 5.10 Å². The van der Waals surface area contributed by atoms with Crippen molar-refractivity contribution in [3.8, 4) is 5.69 Å². The van der Waals surface area contributed by atoms with Crippen molar-refractivity contribution >= 4 is 11.6 Å². The summed E-state index contributed by atoms with van der Waals surface area (Å²) in [6.07, 6.45) is 1.49. The second kappa shape index (κ2) is 5.36. The maximum atomic E-state index is 11.6. The predicted octanol–water partition coefficient (Wildman–Crippen LogP) is 1.99. The van der Waals surface area contributed by atoms with Crippen molar-refractivity contribution in [1.82, 2.24) is 9.78 Å². The second-order valence-electron chi connectivity index (χ2n) is 4.81. The van der Waals surface area contributed by atoms with Crippen LogP contribution in [0.4, 0.5) is 5.69 Å². The number of rotatable bonds is 4. The zero-order chi connectivity index (χ0) is 14.9. The number of nitrogens with two attached hydrogens (primary N) is 2. The summed E-state index contributed by atoms with van der Waals surface area (Å²) in [5, 5.41) is 4.54. The Balaban J connectivity index is 2.73. The highest BCUT2D eigenvalue weighted by molar-refractivity contribution is 5.96. The molecule has 1 aromatic carbocycles. The van der Waals surface area contributed by atoms with E-state index >= 15 is 0 Å². The van der Waals surface area contributed by atoms with Crippen molar-refractivity contribution in [1.29, 1.82) is 0 Å². The van der Waals surface area contributed by atoms with E-state index in [1.54, 1.807) is 10.7 Å². The van der Waals surface area contributed by atoms with Crippen LogP contribution in [-0.2, 0) is 12.8 Å². The van der Waals surface area contributed by atoms with E-state index in [1.165, 1.54) is 0 Å². The van der Waals surface area contributed by atoms with Gasteiger partial charge in [-0.05, 0) is 37.5 Å². The summed E-state index contributed by atoms with van der Waals surface area (Å²) in [6, 6.07) is 5.50. The average Bonchev–Trinajstić information content (AvgIpc) is 2.74. The van der Waals surface area contributed by atoms with Crippen LogP contribution in [0.2, 0.25) is 0 Å². The van der Waals surface area contributed by atoms with Gasteiger partial charge in [0.15, 0.2) is 0 Å². The smallest absolute Gasteiger partial charge is 0.250 e. The fourth-order valence-corrected chi connectivity index (χ4v) is 2.34. The molecule has 0 aliphatic heterocycles. The van der Waals surface area contributed by atoms with Crippen molar-refractivity contribution in [2.75, 3.05) is 5.73 Å². The molecule has 0 fully saturated rings. The molecule has 4 N–H and O–H groups in total. The number of anilines is 1. The van der Waals surface area contributed by atoms with Gasteiger partial charge in [0.1, 0.15) is 0 Å². The normalized spacial score (nSPS) is 10.8. The third kappa shape index (κ3) is 2.27. The SMILES string of the molecule is CCc1nn(-c2cc(C)ccc2C(N)=O)c(CC)c1N. The van der Waals surface area contributed by atoms with E-state index in [-0.39, 0.29) is 0 Å². The highest BCUT2D eigenvalue weighted by Crippen LogP contribution is 2.25. The molecular weight excluding hydrogens is 252 g/mol. The van der Waals surface area contributed by atoms with Gasteiger partial charge in [-0.3, -0.25) is 4.79 Å². The Labute approximate surface area is 118 Å². The number of amides is 1. The van der Waals surface area contributed by atoms with Gasteiger partial charge in [-0.25, -0.2) is 4.68 Å². The molecule has 0 aliphatic carbocycles. The van der Waals surface area contributed by atoms with Gasteiger partial charge in [0.2, 0.25) is 0 Å². The number of primary amides is 1. The minimum absolute atomic E-state index is 0.454. The molecule has 5 nitrogen and oxygen atoms in total. The van der Waals surface area contributed by atoms with Gasteiger partial charge >= 0.3 is 0 Å². The van der Waals surface area contributed by atoms with E-state index in [4.69, 9.17) is 11.5 Å². The Hall–Kier alpha value is -2.30. The number of carbonyl (C=O) groups excluding carboxylic acids is 1. The van der Waals surface area contributed by atoms with Gasteiger partial charge in [0, 0.05) is 0 Å². The molecule has 5 heteroatoms. The Morgan fingerprint density at radius 3 is 2.55 bits per heavy atom. The minimum Gasteiger partial charge on any atom is -0.396 e. The largest absolute Gasteiger partial charge is 0.396 e. The molecule has 0 atom stereocenters. The number of aromatic nitrogens is 2. The molecule has 1 aromatic heterocycles. The number of nitrogen functional groups attached to an aromatic ring is 1. The average molecular weight is 272 g/mol.